The van der Waals surface area contributed by atoms with Gasteiger partial charge in [-0.05, 0) is 31.4 Å². The number of carbonyl (C=O) groups excluding carboxylic acids is 1. The summed E-state index contributed by atoms with van der Waals surface area (Å²) in [6.07, 6.45) is 5.41. The molecule has 0 aliphatic carbocycles. The highest BCUT2D eigenvalue weighted by molar-refractivity contribution is 8.12. The lowest BCUT2D eigenvalue weighted by molar-refractivity contribution is 0.211. The van der Waals surface area contributed by atoms with Gasteiger partial charge in [0.15, 0.2) is 0 Å². The van der Waals surface area contributed by atoms with Gasteiger partial charge in [-0.2, -0.15) is 0 Å². The van der Waals surface area contributed by atoms with E-state index in [4.69, 9.17) is 0 Å². The van der Waals surface area contributed by atoms with Gasteiger partial charge in [0.05, 0.1) is 0 Å². The summed E-state index contributed by atoms with van der Waals surface area (Å²) in [5.41, 5.74) is 0. The lowest BCUT2D eigenvalue weighted by Crippen LogP contribution is -2.33. The van der Waals surface area contributed by atoms with Crippen molar-refractivity contribution in [2.45, 2.75) is 39.2 Å². The molecule has 1 heterocycles. The zero-order valence-electron chi connectivity index (χ0n) is 8.75. The Morgan fingerprint density at radius 3 is 2.85 bits per heavy atom. The first-order valence-electron chi connectivity index (χ1n) is 4.99. The van der Waals surface area contributed by atoms with Crippen LogP contribution in [0.5, 0.6) is 0 Å². The van der Waals surface area contributed by atoms with E-state index in [0.717, 1.165) is 13.0 Å². The Morgan fingerprint density at radius 2 is 2.31 bits per heavy atom. The molecule has 3 heteroatoms. The van der Waals surface area contributed by atoms with E-state index in [2.05, 4.69) is 13.8 Å². The summed E-state index contributed by atoms with van der Waals surface area (Å²) in [7, 11) is 0. The van der Waals surface area contributed by atoms with Gasteiger partial charge in [0.1, 0.15) is 0 Å². The van der Waals surface area contributed by atoms with Crippen LogP contribution in [0, 0.1) is 5.92 Å². The summed E-state index contributed by atoms with van der Waals surface area (Å²) in [4.78, 5) is 13.5. The molecule has 1 fully saturated rings. The summed E-state index contributed by atoms with van der Waals surface area (Å²) in [5, 5.41) is 0.253. The highest BCUT2D eigenvalue weighted by Crippen LogP contribution is 2.25. The lowest BCUT2D eigenvalue weighted by atomic mass is 10.0. The van der Waals surface area contributed by atoms with Crippen LogP contribution in [0.25, 0.3) is 0 Å². The number of rotatable bonds is 2. The minimum Gasteiger partial charge on any atom is -0.331 e. The topological polar surface area (TPSA) is 20.3 Å². The van der Waals surface area contributed by atoms with Gasteiger partial charge in [-0.15, -0.1) is 0 Å². The van der Waals surface area contributed by atoms with Crippen molar-refractivity contribution in [2.75, 3.05) is 12.8 Å². The first-order chi connectivity index (χ1) is 6.15. The van der Waals surface area contributed by atoms with Gasteiger partial charge in [-0.3, -0.25) is 4.79 Å². The molecule has 13 heavy (non-hydrogen) atoms. The summed E-state index contributed by atoms with van der Waals surface area (Å²) >= 11 is 1.34. The molecule has 1 amide bonds. The number of carbonyl (C=O) groups is 1. The van der Waals surface area contributed by atoms with Crippen LogP contribution in [0.2, 0.25) is 0 Å². The van der Waals surface area contributed by atoms with Gasteiger partial charge in [0, 0.05) is 12.6 Å². The van der Waals surface area contributed by atoms with Crippen LogP contribution >= 0.6 is 11.8 Å². The molecule has 0 bridgehead atoms. The maximum atomic E-state index is 11.5. The summed E-state index contributed by atoms with van der Waals surface area (Å²) in [6, 6.07) is 0.514. The third-order valence-electron chi connectivity index (χ3n) is 2.53. The SMILES string of the molecule is CSC(=O)N1CCCC1CC(C)C. The molecule has 0 saturated carbocycles. The second kappa shape index (κ2) is 4.89. The number of hydrogen-bond acceptors (Lipinski definition) is 2. The molecular weight excluding hydrogens is 182 g/mol. The Hall–Kier alpha value is -0.180. The van der Waals surface area contributed by atoms with Crippen LogP contribution in [0.15, 0.2) is 0 Å². The second-order valence-electron chi connectivity index (χ2n) is 4.09. The van der Waals surface area contributed by atoms with Crippen molar-refractivity contribution in [3.05, 3.63) is 0 Å². The van der Waals surface area contributed by atoms with Gasteiger partial charge in [0.25, 0.3) is 5.24 Å². The molecule has 0 radical (unpaired) electrons. The van der Waals surface area contributed by atoms with Gasteiger partial charge >= 0.3 is 0 Å². The molecule has 1 atom stereocenters. The van der Waals surface area contributed by atoms with E-state index < -0.39 is 0 Å². The fraction of sp³-hybridized carbons (Fsp3) is 0.900. The number of nitrogens with zero attached hydrogens (tertiary/aromatic N) is 1. The van der Waals surface area contributed by atoms with Crippen molar-refractivity contribution >= 4 is 17.0 Å². The van der Waals surface area contributed by atoms with Crippen molar-refractivity contribution in [1.82, 2.24) is 4.90 Å². The highest BCUT2D eigenvalue weighted by Gasteiger charge is 2.28. The molecule has 76 valence electrons. The van der Waals surface area contributed by atoms with Crippen LogP contribution in [0.1, 0.15) is 33.1 Å². The first-order valence-corrected chi connectivity index (χ1v) is 6.22. The van der Waals surface area contributed by atoms with Crippen LogP contribution in [0.4, 0.5) is 4.79 Å². The van der Waals surface area contributed by atoms with Crippen LogP contribution in [0.3, 0.4) is 0 Å². The van der Waals surface area contributed by atoms with E-state index in [0.29, 0.717) is 12.0 Å². The van der Waals surface area contributed by atoms with E-state index in [1.165, 1.54) is 24.6 Å². The van der Waals surface area contributed by atoms with E-state index in [1.807, 2.05) is 11.2 Å². The van der Waals surface area contributed by atoms with Crippen molar-refractivity contribution in [3.8, 4) is 0 Å². The third kappa shape index (κ3) is 2.90. The summed E-state index contributed by atoms with van der Waals surface area (Å²) < 4.78 is 0. The van der Waals surface area contributed by atoms with Gasteiger partial charge < -0.3 is 4.90 Å². The Bertz CT molecular complexity index is 182. The van der Waals surface area contributed by atoms with Crippen LogP contribution < -0.4 is 0 Å². The molecule has 1 rings (SSSR count). The fourth-order valence-electron chi connectivity index (χ4n) is 1.98. The maximum Gasteiger partial charge on any atom is 0.281 e. The lowest BCUT2D eigenvalue weighted by Gasteiger charge is -2.24. The molecule has 0 aromatic carbocycles. The molecule has 1 saturated heterocycles. The molecular formula is C10H19NOS. The van der Waals surface area contributed by atoms with E-state index in [1.54, 1.807) is 0 Å². The molecule has 0 N–H and O–H groups in total. The smallest absolute Gasteiger partial charge is 0.281 e. The Labute approximate surface area is 85.1 Å². The van der Waals surface area contributed by atoms with Gasteiger partial charge in [0.2, 0.25) is 0 Å². The minimum absolute atomic E-state index is 0.253. The fourth-order valence-corrected chi connectivity index (χ4v) is 2.46. The van der Waals surface area contributed by atoms with E-state index in [9.17, 15) is 4.79 Å². The number of thioether (sulfide) groups is 1. The van der Waals surface area contributed by atoms with Gasteiger partial charge in [-0.25, -0.2) is 0 Å². The van der Waals surface area contributed by atoms with E-state index in [-0.39, 0.29) is 5.24 Å². The Kier molecular flexibility index (Phi) is 4.10. The summed E-state index contributed by atoms with van der Waals surface area (Å²) in [5.74, 6) is 0.695. The normalized spacial score (nSPS) is 22.8. The molecule has 1 aliphatic heterocycles. The Balaban J connectivity index is 2.48. The zero-order valence-corrected chi connectivity index (χ0v) is 9.56. The first kappa shape index (κ1) is 10.9. The largest absolute Gasteiger partial charge is 0.331 e. The van der Waals surface area contributed by atoms with Crippen molar-refractivity contribution in [3.63, 3.8) is 0 Å². The molecule has 0 aromatic rings. The quantitative estimate of drug-likeness (QED) is 0.684. The van der Waals surface area contributed by atoms with Crippen molar-refractivity contribution in [2.24, 2.45) is 5.92 Å². The second-order valence-corrected chi connectivity index (χ2v) is 4.85. The average Bonchev–Trinajstić information content (AvgIpc) is 2.50. The number of hydrogen-bond donors (Lipinski definition) is 0. The summed E-state index contributed by atoms with van der Waals surface area (Å²) in [6.45, 7) is 5.41. The molecule has 0 spiro atoms. The molecule has 1 unspecified atom stereocenters. The molecule has 2 nitrogen and oxygen atoms in total. The van der Waals surface area contributed by atoms with E-state index >= 15 is 0 Å². The number of likely N-dealkylation sites (tertiary alicyclic amines) is 1. The van der Waals surface area contributed by atoms with Gasteiger partial charge in [-0.1, -0.05) is 25.6 Å². The predicted molar refractivity (Wildman–Crippen MR) is 58.1 cm³/mol. The minimum atomic E-state index is 0.253. The Morgan fingerprint density at radius 1 is 1.62 bits per heavy atom. The molecule has 0 aromatic heterocycles. The number of amides is 1. The molecule has 1 aliphatic rings. The van der Waals surface area contributed by atoms with Crippen LogP contribution in [-0.4, -0.2) is 29.0 Å². The van der Waals surface area contributed by atoms with Crippen molar-refractivity contribution < 1.29 is 4.79 Å². The standard InChI is InChI=1S/C10H19NOS/c1-8(2)7-9-5-4-6-11(9)10(12)13-3/h8-9H,4-7H2,1-3H3. The maximum absolute atomic E-state index is 11.5. The van der Waals surface area contributed by atoms with Crippen molar-refractivity contribution in [1.29, 1.82) is 0 Å². The highest BCUT2D eigenvalue weighted by atomic mass is 32.2. The third-order valence-corrected chi connectivity index (χ3v) is 3.11. The van der Waals surface area contributed by atoms with Crippen LogP contribution in [-0.2, 0) is 0 Å². The monoisotopic (exact) mass is 201 g/mol. The average molecular weight is 201 g/mol. The predicted octanol–water partition coefficient (Wildman–Crippen LogP) is 2.98. The zero-order chi connectivity index (χ0) is 9.84.